The minimum atomic E-state index is -0.875. The van der Waals surface area contributed by atoms with Crippen LogP contribution in [0.4, 0.5) is 0 Å². The van der Waals surface area contributed by atoms with E-state index in [9.17, 15) is 19.5 Å². The van der Waals surface area contributed by atoms with Crippen LogP contribution in [0.5, 0.6) is 0 Å². The molecule has 2 unspecified atom stereocenters. The average Bonchev–Trinajstić information content (AvgIpc) is 3.14. The Morgan fingerprint density at radius 3 is 1.38 bits per heavy atom. The number of likely N-dealkylation sites (N-methyl/N-ethyl adjacent to an activating group) is 1. The lowest BCUT2D eigenvalue weighted by atomic mass is 10.1. The number of nitrogens with zero attached hydrogens (tertiary/aromatic N) is 1. The predicted molar refractivity (Wildman–Crippen MR) is 229 cm³/mol. The van der Waals surface area contributed by atoms with Crippen LogP contribution in [-0.2, 0) is 28.6 Å². The number of unbranched alkanes of at least 4 members (excludes halogenated alkanes) is 23. The fourth-order valence-corrected chi connectivity index (χ4v) is 6.74. The van der Waals surface area contributed by atoms with Gasteiger partial charge >= 0.3 is 17.9 Å². The summed E-state index contributed by atoms with van der Waals surface area (Å²) in [5.41, 5.74) is 0. The molecule has 1 N–H and O–H groups in total. The zero-order valence-electron chi connectivity index (χ0n) is 36.6. The highest BCUT2D eigenvalue weighted by Crippen LogP contribution is 2.15. The van der Waals surface area contributed by atoms with E-state index in [1.807, 2.05) is 21.1 Å². The molecule has 0 aromatic carbocycles. The predicted octanol–water partition coefficient (Wildman–Crippen LogP) is 12.5. The van der Waals surface area contributed by atoms with Crippen LogP contribution in [0.1, 0.15) is 206 Å². The maximum absolute atomic E-state index is 12.7. The first-order valence-corrected chi connectivity index (χ1v) is 22.9. The van der Waals surface area contributed by atoms with Crippen molar-refractivity contribution in [2.24, 2.45) is 0 Å². The highest BCUT2D eigenvalue weighted by atomic mass is 16.6. The summed E-state index contributed by atoms with van der Waals surface area (Å²) in [6.45, 7) is 4.68. The molecule has 8 nitrogen and oxygen atoms in total. The van der Waals surface area contributed by atoms with Crippen molar-refractivity contribution in [3.8, 4) is 0 Å². The highest BCUT2D eigenvalue weighted by molar-refractivity contribution is 5.72. The molecular formula is C47H88NO7+. The van der Waals surface area contributed by atoms with E-state index >= 15 is 0 Å². The van der Waals surface area contributed by atoms with Gasteiger partial charge in [0.05, 0.1) is 34.4 Å². The van der Waals surface area contributed by atoms with Gasteiger partial charge in [0.25, 0.3) is 0 Å². The number of aliphatic carboxylic acids is 1. The maximum Gasteiger partial charge on any atom is 0.362 e. The van der Waals surface area contributed by atoms with Crippen molar-refractivity contribution in [1.29, 1.82) is 0 Å². The normalized spacial score (nSPS) is 13.1. The fourth-order valence-electron chi connectivity index (χ4n) is 6.74. The minimum absolute atomic E-state index is 0.0536. The molecule has 0 aliphatic carbocycles. The molecule has 0 aromatic heterocycles. The Balaban J connectivity index is 4.23. The standard InChI is InChI=1S/C47H87NO7/c1-6-8-10-12-14-16-18-19-20-21-22-23-24-25-26-27-28-30-32-34-36-38-46(50)55-43(41-53-40-39-44(47(51)52)48(3,4)5)42-54-45(49)37-35-33-31-29-17-15-13-11-9-7-2/h11,13,21-22,43-44H,6-10,12,14-20,23-42H2,1-5H3/p+1/b13-11-,22-21-. The summed E-state index contributed by atoms with van der Waals surface area (Å²) in [4.78, 5) is 36.9. The van der Waals surface area contributed by atoms with E-state index in [-0.39, 0.29) is 36.2 Å². The van der Waals surface area contributed by atoms with Gasteiger partial charge in [0.2, 0.25) is 0 Å². The van der Waals surface area contributed by atoms with Gasteiger partial charge in [-0.05, 0) is 57.8 Å². The molecule has 0 radical (unpaired) electrons. The largest absolute Gasteiger partial charge is 0.477 e. The number of allylic oxidation sites excluding steroid dienone is 4. The summed E-state index contributed by atoms with van der Waals surface area (Å²) in [7, 11) is 5.52. The van der Waals surface area contributed by atoms with Crippen LogP contribution >= 0.6 is 0 Å². The van der Waals surface area contributed by atoms with Gasteiger partial charge in [-0.3, -0.25) is 9.59 Å². The van der Waals surface area contributed by atoms with Gasteiger partial charge in [-0.2, -0.15) is 0 Å². The number of quaternary nitrogens is 1. The molecule has 2 atom stereocenters. The van der Waals surface area contributed by atoms with Crippen LogP contribution in [-0.4, -0.2) is 80.6 Å². The van der Waals surface area contributed by atoms with E-state index in [1.54, 1.807) is 0 Å². The quantitative estimate of drug-likeness (QED) is 0.0285. The molecule has 0 spiro atoms. The number of esters is 2. The Morgan fingerprint density at radius 1 is 0.527 bits per heavy atom. The maximum atomic E-state index is 12.7. The van der Waals surface area contributed by atoms with E-state index in [0.29, 0.717) is 19.3 Å². The zero-order chi connectivity index (χ0) is 40.7. The first-order chi connectivity index (χ1) is 26.6. The second-order valence-corrected chi connectivity index (χ2v) is 16.7. The molecule has 0 aliphatic heterocycles. The lowest BCUT2D eigenvalue weighted by Gasteiger charge is -2.31. The Labute approximate surface area is 339 Å². The smallest absolute Gasteiger partial charge is 0.362 e. The van der Waals surface area contributed by atoms with E-state index in [4.69, 9.17) is 14.2 Å². The number of hydrogen-bond acceptors (Lipinski definition) is 6. The van der Waals surface area contributed by atoms with Crippen molar-refractivity contribution in [1.82, 2.24) is 0 Å². The fraction of sp³-hybridized carbons (Fsp3) is 0.851. The molecule has 0 aromatic rings. The molecule has 0 aliphatic rings. The summed E-state index contributed by atoms with van der Waals surface area (Å²) >= 11 is 0. The van der Waals surface area contributed by atoms with Crippen LogP contribution in [0.3, 0.4) is 0 Å². The number of rotatable bonds is 41. The molecule has 0 rings (SSSR count). The number of carbonyl (C=O) groups is 3. The van der Waals surface area contributed by atoms with Crippen LogP contribution in [0.2, 0.25) is 0 Å². The number of carbonyl (C=O) groups excluding carboxylic acids is 2. The number of hydrogen-bond donors (Lipinski definition) is 1. The van der Waals surface area contributed by atoms with Crippen LogP contribution in [0, 0.1) is 0 Å². The first kappa shape index (κ1) is 52.8. The number of carboxylic acids is 1. The number of ether oxygens (including phenoxy) is 3. The molecule has 55 heavy (non-hydrogen) atoms. The van der Waals surface area contributed by atoms with E-state index in [2.05, 4.69) is 38.2 Å². The van der Waals surface area contributed by atoms with E-state index in [0.717, 1.165) is 57.8 Å². The number of carboxylic acid groups (broad SMARTS) is 1. The monoisotopic (exact) mass is 779 g/mol. The van der Waals surface area contributed by atoms with Crippen molar-refractivity contribution < 1.29 is 38.2 Å². The summed E-state index contributed by atoms with van der Waals surface area (Å²) in [6, 6.07) is -0.613. The average molecular weight is 779 g/mol. The summed E-state index contributed by atoms with van der Waals surface area (Å²) in [5.74, 6) is -1.48. The van der Waals surface area contributed by atoms with Crippen molar-refractivity contribution in [3.63, 3.8) is 0 Å². The van der Waals surface area contributed by atoms with Crippen molar-refractivity contribution >= 4 is 17.9 Å². The highest BCUT2D eigenvalue weighted by Gasteiger charge is 2.31. The van der Waals surface area contributed by atoms with Crippen molar-refractivity contribution in [2.45, 2.75) is 219 Å². The lowest BCUT2D eigenvalue weighted by molar-refractivity contribution is -0.887. The van der Waals surface area contributed by atoms with Crippen LogP contribution in [0.15, 0.2) is 24.3 Å². The van der Waals surface area contributed by atoms with Gasteiger partial charge < -0.3 is 23.8 Å². The van der Waals surface area contributed by atoms with E-state index < -0.39 is 18.1 Å². The third-order valence-corrected chi connectivity index (χ3v) is 10.3. The molecule has 322 valence electrons. The molecule has 0 saturated carbocycles. The topological polar surface area (TPSA) is 99.1 Å². The van der Waals surface area contributed by atoms with Crippen molar-refractivity contribution in [2.75, 3.05) is 41.0 Å². The summed E-state index contributed by atoms with van der Waals surface area (Å²) in [5, 5.41) is 9.61. The molecule has 8 heteroatoms. The van der Waals surface area contributed by atoms with Gasteiger partial charge in [0, 0.05) is 19.3 Å². The molecule has 0 heterocycles. The summed E-state index contributed by atoms with van der Waals surface area (Å²) < 4.78 is 17.3. The first-order valence-electron chi connectivity index (χ1n) is 22.9. The van der Waals surface area contributed by atoms with E-state index in [1.165, 1.54) is 116 Å². The molecular weight excluding hydrogens is 691 g/mol. The van der Waals surface area contributed by atoms with Gasteiger partial charge in [0.15, 0.2) is 12.1 Å². The third-order valence-electron chi connectivity index (χ3n) is 10.3. The van der Waals surface area contributed by atoms with Crippen LogP contribution in [0.25, 0.3) is 0 Å². The Morgan fingerprint density at radius 2 is 0.945 bits per heavy atom. The van der Waals surface area contributed by atoms with Gasteiger partial charge in [-0.25, -0.2) is 4.79 Å². The Kier molecular flexibility index (Phi) is 37.1. The molecule has 0 fully saturated rings. The molecule has 0 amide bonds. The Bertz CT molecular complexity index is 957. The minimum Gasteiger partial charge on any atom is -0.477 e. The van der Waals surface area contributed by atoms with Gasteiger partial charge in [0.1, 0.15) is 6.61 Å². The second kappa shape index (κ2) is 38.7. The third kappa shape index (κ3) is 37.2. The summed E-state index contributed by atoms with van der Waals surface area (Å²) in [6.07, 6.45) is 42.3. The van der Waals surface area contributed by atoms with Crippen molar-refractivity contribution in [3.05, 3.63) is 24.3 Å². The lowest BCUT2D eigenvalue weighted by Crippen LogP contribution is -2.50. The zero-order valence-corrected chi connectivity index (χ0v) is 36.6. The van der Waals surface area contributed by atoms with Gasteiger partial charge in [-0.1, -0.05) is 154 Å². The molecule has 0 bridgehead atoms. The van der Waals surface area contributed by atoms with Crippen LogP contribution < -0.4 is 0 Å². The SMILES string of the molecule is CCC/C=C\CCCCCCCC(=O)OCC(COCCC(C(=O)O)[N+](C)(C)C)OC(=O)CCCCCCCCCCC/C=C\CCCCCCCCCC. The van der Waals surface area contributed by atoms with Gasteiger partial charge in [-0.15, -0.1) is 0 Å². The molecule has 0 saturated heterocycles. The Hall–Kier alpha value is -2.19. The second-order valence-electron chi connectivity index (χ2n) is 16.7.